The van der Waals surface area contributed by atoms with Gasteiger partial charge in [-0.3, -0.25) is 0 Å². The Kier molecular flexibility index (Phi) is 4.56. The molecule has 0 amide bonds. The summed E-state index contributed by atoms with van der Waals surface area (Å²) in [4.78, 5) is 0. The molecule has 0 aliphatic rings. The summed E-state index contributed by atoms with van der Waals surface area (Å²) in [6, 6.07) is 12.4. The molecule has 0 aromatic heterocycles. The molecule has 1 N–H and O–H groups in total. The molecule has 0 aliphatic heterocycles. The van der Waals surface area contributed by atoms with Gasteiger partial charge in [0.05, 0.1) is 23.9 Å². The highest BCUT2D eigenvalue weighted by atomic mass is 35.5. The van der Waals surface area contributed by atoms with Crippen molar-refractivity contribution in [1.82, 2.24) is 0 Å². The van der Waals surface area contributed by atoms with Gasteiger partial charge in [0.1, 0.15) is 5.75 Å². The third kappa shape index (κ3) is 3.26. The third-order valence-corrected chi connectivity index (χ3v) is 3.66. The van der Waals surface area contributed by atoms with Crippen molar-refractivity contribution in [3.05, 3.63) is 58.1 Å². The first-order valence-electron chi connectivity index (χ1n) is 6.68. The number of rotatable bonds is 4. The van der Waals surface area contributed by atoms with Crippen molar-refractivity contribution in [2.45, 2.75) is 26.8 Å². The molecule has 1 unspecified atom stereocenters. The van der Waals surface area contributed by atoms with Crippen LogP contribution in [0.5, 0.6) is 5.75 Å². The molecular weight excluding hydrogens is 270 g/mol. The average molecular weight is 290 g/mol. The lowest BCUT2D eigenvalue weighted by atomic mass is 10.0. The summed E-state index contributed by atoms with van der Waals surface area (Å²) in [6.07, 6.45) is 0. The van der Waals surface area contributed by atoms with Crippen LogP contribution >= 0.6 is 11.6 Å². The Labute approximate surface area is 125 Å². The SMILES string of the molecule is COc1cc(C)ccc1C(C)Nc1ccc(C)cc1Cl. The van der Waals surface area contributed by atoms with Gasteiger partial charge in [0.25, 0.3) is 0 Å². The zero-order valence-electron chi connectivity index (χ0n) is 12.3. The van der Waals surface area contributed by atoms with Crippen molar-refractivity contribution < 1.29 is 4.74 Å². The summed E-state index contributed by atoms with van der Waals surface area (Å²) < 4.78 is 5.46. The van der Waals surface area contributed by atoms with Crippen LogP contribution in [0.25, 0.3) is 0 Å². The first-order chi connectivity index (χ1) is 9.51. The van der Waals surface area contributed by atoms with Crippen molar-refractivity contribution in [3.63, 3.8) is 0 Å². The molecule has 0 aliphatic carbocycles. The maximum atomic E-state index is 6.27. The first-order valence-corrected chi connectivity index (χ1v) is 7.06. The maximum absolute atomic E-state index is 6.27. The highest BCUT2D eigenvalue weighted by Gasteiger charge is 2.12. The molecule has 0 bridgehead atoms. The van der Waals surface area contributed by atoms with Crippen molar-refractivity contribution in [1.29, 1.82) is 0 Å². The number of aryl methyl sites for hydroxylation is 2. The Balaban J connectivity index is 2.25. The molecule has 0 heterocycles. The van der Waals surface area contributed by atoms with Gasteiger partial charge in [0, 0.05) is 5.56 Å². The van der Waals surface area contributed by atoms with Gasteiger partial charge < -0.3 is 10.1 Å². The highest BCUT2D eigenvalue weighted by molar-refractivity contribution is 6.33. The van der Waals surface area contributed by atoms with Crippen molar-refractivity contribution in [2.75, 3.05) is 12.4 Å². The van der Waals surface area contributed by atoms with Crippen LogP contribution in [-0.4, -0.2) is 7.11 Å². The number of methoxy groups -OCH3 is 1. The Bertz CT molecular complexity index is 610. The number of anilines is 1. The standard InChI is InChI=1S/C17H20ClNO/c1-11-6-8-16(15(18)9-11)19-13(3)14-7-5-12(2)10-17(14)20-4/h5-10,13,19H,1-4H3. The van der Waals surface area contributed by atoms with E-state index in [0.29, 0.717) is 0 Å². The van der Waals surface area contributed by atoms with E-state index in [1.54, 1.807) is 7.11 Å². The average Bonchev–Trinajstić information content (AvgIpc) is 2.41. The van der Waals surface area contributed by atoms with E-state index in [9.17, 15) is 0 Å². The largest absolute Gasteiger partial charge is 0.496 e. The number of ether oxygens (including phenoxy) is 1. The molecular formula is C17H20ClNO. The van der Waals surface area contributed by atoms with E-state index in [4.69, 9.17) is 16.3 Å². The fraction of sp³-hybridized carbons (Fsp3) is 0.294. The molecule has 2 aromatic rings. The Hall–Kier alpha value is -1.67. The molecule has 20 heavy (non-hydrogen) atoms. The Morgan fingerprint density at radius 2 is 1.70 bits per heavy atom. The molecule has 0 spiro atoms. The summed E-state index contributed by atoms with van der Waals surface area (Å²) in [5.41, 5.74) is 4.40. The molecule has 3 heteroatoms. The topological polar surface area (TPSA) is 21.3 Å². The van der Waals surface area contributed by atoms with Crippen molar-refractivity contribution in [2.24, 2.45) is 0 Å². The highest BCUT2D eigenvalue weighted by Crippen LogP contribution is 2.31. The fourth-order valence-electron chi connectivity index (χ4n) is 2.22. The van der Waals surface area contributed by atoms with Gasteiger partial charge in [-0.15, -0.1) is 0 Å². The fourth-order valence-corrected chi connectivity index (χ4v) is 2.51. The number of hydrogen-bond acceptors (Lipinski definition) is 2. The van der Waals surface area contributed by atoms with Gasteiger partial charge in [-0.25, -0.2) is 0 Å². The molecule has 2 rings (SSSR count). The van der Waals surface area contributed by atoms with Crippen LogP contribution in [0.3, 0.4) is 0 Å². The third-order valence-electron chi connectivity index (χ3n) is 3.35. The molecule has 1 atom stereocenters. The number of benzene rings is 2. The smallest absolute Gasteiger partial charge is 0.124 e. The van der Waals surface area contributed by atoms with Gasteiger partial charge in [-0.05, 0) is 50.1 Å². The van der Waals surface area contributed by atoms with E-state index < -0.39 is 0 Å². The number of hydrogen-bond donors (Lipinski definition) is 1. The Morgan fingerprint density at radius 3 is 2.35 bits per heavy atom. The van der Waals surface area contributed by atoms with Crippen LogP contribution in [0.1, 0.15) is 29.7 Å². The van der Waals surface area contributed by atoms with Crippen LogP contribution < -0.4 is 10.1 Å². The van der Waals surface area contributed by atoms with Crippen LogP contribution in [0.4, 0.5) is 5.69 Å². The van der Waals surface area contributed by atoms with Gasteiger partial charge in [-0.2, -0.15) is 0 Å². The van der Waals surface area contributed by atoms with Crippen LogP contribution in [-0.2, 0) is 0 Å². The van der Waals surface area contributed by atoms with Gasteiger partial charge in [0.15, 0.2) is 0 Å². The van der Waals surface area contributed by atoms with Gasteiger partial charge >= 0.3 is 0 Å². The van der Waals surface area contributed by atoms with Crippen molar-refractivity contribution in [3.8, 4) is 5.75 Å². The van der Waals surface area contributed by atoms with Crippen LogP contribution in [0, 0.1) is 13.8 Å². The zero-order chi connectivity index (χ0) is 14.7. The van der Waals surface area contributed by atoms with Crippen LogP contribution in [0.15, 0.2) is 36.4 Å². The van der Waals surface area contributed by atoms with E-state index in [0.717, 1.165) is 27.6 Å². The maximum Gasteiger partial charge on any atom is 0.124 e. The lowest BCUT2D eigenvalue weighted by Gasteiger charge is -2.19. The second-order valence-electron chi connectivity index (χ2n) is 5.09. The summed E-state index contributed by atoms with van der Waals surface area (Å²) in [7, 11) is 1.70. The van der Waals surface area contributed by atoms with Gasteiger partial charge in [0.2, 0.25) is 0 Å². The quantitative estimate of drug-likeness (QED) is 0.841. The zero-order valence-corrected chi connectivity index (χ0v) is 13.1. The lowest BCUT2D eigenvalue weighted by molar-refractivity contribution is 0.407. The van der Waals surface area contributed by atoms with E-state index >= 15 is 0 Å². The molecule has 0 saturated carbocycles. The summed E-state index contributed by atoms with van der Waals surface area (Å²) in [6.45, 7) is 6.19. The molecule has 106 valence electrons. The number of nitrogens with one attached hydrogen (secondary N) is 1. The van der Waals surface area contributed by atoms with E-state index in [-0.39, 0.29) is 6.04 Å². The predicted molar refractivity (Wildman–Crippen MR) is 86.0 cm³/mol. The van der Waals surface area contributed by atoms with E-state index in [2.05, 4.69) is 31.3 Å². The minimum absolute atomic E-state index is 0.116. The van der Waals surface area contributed by atoms with E-state index in [1.807, 2.05) is 31.2 Å². The monoisotopic (exact) mass is 289 g/mol. The number of halogens is 1. The second kappa shape index (κ2) is 6.19. The minimum Gasteiger partial charge on any atom is -0.496 e. The summed E-state index contributed by atoms with van der Waals surface area (Å²) in [5.74, 6) is 0.897. The normalized spacial score (nSPS) is 12.1. The summed E-state index contributed by atoms with van der Waals surface area (Å²) >= 11 is 6.27. The van der Waals surface area contributed by atoms with Crippen LogP contribution in [0.2, 0.25) is 5.02 Å². The lowest BCUT2D eigenvalue weighted by Crippen LogP contribution is -2.08. The molecule has 2 aromatic carbocycles. The second-order valence-corrected chi connectivity index (χ2v) is 5.50. The predicted octanol–water partition coefficient (Wildman–Crippen LogP) is 5.14. The van der Waals surface area contributed by atoms with Gasteiger partial charge in [-0.1, -0.05) is 29.8 Å². The first kappa shape index (κ1) is 14.7. The molecule has 0 radical (unpaired) electrons. The van der Waals surface area contributed by atoms with Crippen molar-refractivity contribution >= 4 is 17.3 Å². The molecule has 0 fully saturated rings. The Morgan fingerprint density at radius 1 is 1.05 bits per heavy atom. The summed E-state index contributed by atoms with van der Waals surface area (Å²) in [5, 5.41) is 4.17. The van der Waals surface area contributed by atoms with E-state index in [1.165, 1.54) is 5.56 Å². The molecule has 0 saturated heterocycles. The molecule has 2 nitrogen and oxygen atoms in total. The minimum atomic E-state index is 0.116.